The number of halogens is 2. The molecule has 1 aromatic carbocycles. The molecule has 0 saturated heterocycles. The second-order valence-corrected chi connectivity index (χ2v) is 7.18. The zero-order valence-electron chi connectivity index (χ0n) is 15.5. The van der Waals surface area contributed by atoms with Crippen molar-refractivity contribution in [1.29, 1.82) is 0 Å². The summed E-state index contributed by atoms with van der Waals surface area (Å²) in [5.74, 6) is -1.10. The summed E-state index contributed by atoms with van der Waals surface area (Å²) in [6.07, 6.45) is 7.19. The fraction of sp³-hybridized carbons (Fsp3) is 0.238. The number of rotatable bonds is 6. The molecule has 0 spiro atoms. The van der Waals surface area contributed by atoms with Crippen molar-refractivity contribution in [2.75, 3.05) is 11.9 Å². The molecule has 2 aromatic heterocycles. The maximum absolute atomic E-state index is 14.2. The molecule has 6 nitrogen and oxygen atoms in total. The molecule has 0 aliphatic heterocycles. The molecule has 29 heavy (non-hydrogen) atoms. The molecule has 0 atom stereocenters. The summed E-state index contributed by atoms with van der Waals surface area (Å²) in [6.45, 7) is 0.450. The number of benzene rings is 1. The summed E-state index contributed by atoms with van der Waals surface area (Å²) >= 11 is 0. The van der Waals surface area contributed by atoms with E-state index in [1.165, 1.54) is 36.7 Å². The SMILES string of the molecule is NC(=O)c1ccc(F)c(-c2cnc(NCC3(c4ncccc4F)CCC3)nc2)c1. The fourth-order valence-electron chi connectivity index (χ4n) is 3.58. The lowest BCUT2D eigenvalue weighted by atomic mass is 9.66. The fourth-order valence-corrected chi connectivity index (χ4v) is 3.58. The maximum Gasteiger partial charge on any atom is 0.248 e. The Hall–Kier alpha value is -3.42. The van der Waals surface area contributed by atoms with Crippen LogP contribution >= 0.6 is 0 Å². The lowest BCUT2D eigenvalue weighted by Crippen LogP contribution is -2.42. The van der Waals surface area contributed by atoms with Gasteiger partial charge in [0.15, 0.2) is 0 Å². The van der Waals surface area contributed by atoms with Crippen molar-refractivity contribution >= 4 is 11.9 Å². The van der Waals surface area contributed by atoms with E-state index in [-0.39, 0.29) is 22.4 Å². The highest BCUT2D eigenvalue weighted by molar-refractivity contribution is 5.94. The average Bonchev–Trinajstić information content (AvgIpc) is 2.69. The van der Waals surface area contributed by atoms with Crippen LogP contribution < -0.4 is 11.1 Å². The van der Waals surface area contributed by atoms with Crippen LogP contribution in [0.2, 0.25) is 0 Å². The third kappa shape index (κ3) is 3.65. The predicted molar refractivity (Wildman–Crippen MR) is 104 cm³/mol. The number of hydrogen-bond donors (Lipinski definition) is 2. The molecule has 2 heterocycles. The van der Waals surface area contributed by atoms with Gasteiger partial charge in [0.2, 0.25) is 11.9 Å². The molecule has 0 bridgehead atoms. The zero-order valence-corrected chi connectivity index (χ0v) is 15.5. The summed E-state index contributed by atoms with van der Waals surface area (Å²) < 4.78 is 28.3. The molecule has 1 fully saturated rings. The van der Waals surface area contributed by atoms with E-state index >= 15 is 0 Å². The van der Waals surface area contributed by atoms with E-state index in [0.717, 1.165) is 19.3 Å². The number of amides is 1. The van der Waals surface area contributed by atoms with E-state index < -0.39 is 11.7 Å². The van der Waals surface area contributed by atoms with E-state index in [4.69, 9.17) is 5.73 Å². The summed E-state index contributed by atoms with van der Waals surface area (Å²) in [6, 6.07) is 6.88. The first-order valence-electron chi connectivity index (χ1n) is 9.25. The summed E-state index contributed by atoms with van der Waals surface area (Å²) in [4.78, 5) is 24.0. The van der Waals surface area contributed by atoms with Gasteiger partial charge in [-0.3, -0.25) is 9.78 Å². The molecular weight excluding hydrogens is 376 g/mol. The Morgan fingerprint density at radius 2 is 1.86 bits per heavy atom. The first-order valence-corrected chi connectivity index (χ1v) is 9.25. The lowest BCUT2D eigenvalue weighted by Gasteiger charge is -2.41. The Kier molecular flexibility index (Phi) is 4.92. The van der Waals surface area contributed by atoms with Crippen molar-refractivity contribution < 1.29 is 13.6 Å². The van der Waals surface area contributed by atoms with Crippen LogP contribution in [0.3, 0.4) is 0 Å². The standard InChI is InChI=1S/C21H19F2N5O/c22-16-5-4-13(19(24)29)9-15(16)14-10-26-20(27-11-14)28-12-21(6-2-7-21)18-17(23)3-1-8-25-18/h1,3-5,8-11H,2,6-7,12H2,(H2,24,29)(H,26,27,28). The van der Waals surface area contributed by atoms with Crippen molar-refractivity contribution in [1.82, 2.24) is 15.0 Å². The summed E-state index contributed by atoms with van der Waals surface area (Å²) in [7, 11) is 0. The number of carbonyl (C=O) groups excluding carboxylic acids is 1. The number of hydrogen-bond acceptors (Lipinski definition) is 5. The highest BCUT2D eigenvalue weighted by atomic mass is 19.1. The van der Waals surface area contributed by atoms with Gasteiger partial charge in [-0.15, -0.1) is 0 Å². The summed E-state index contributed by atoms with van der Waals surface area (Å²) in [5.41, 5.74) is 6.15. The van der Waals surface area contributed by atoms with Crippen molar-refractivity contribution in [3.63, 3.8) is 0 Å². The minimum absolute atomic E-state index is 0.193. The molecule has 148 valence electrons. The lowest BCUT2D eigenvalue weighted by molar-refractivity contribution is 0.100. The molecule has 1 aliphatic rings. The van der Waals surface area contributed by atoms with Crippen LogP contribution in [0.5, 0.6) is 0 Å². The van der Waals surface area contributed by atoms with Crippen molar-refractivity contribution in [2.24, 2.45) is 5.73 Å². The number of nitrogens with two attached hydrogens (primary N) is 1. The monoisotopic (exact) mass is 395 g/mol. The Balaban J connectivity index is 1.51. The van der Waals surface area contributed by atoms with Gasteiger partial charge in [-0.1, -0.05) is 6.42 Å². The van der Waals surface area contributed by atoms with Crippen molar-refractivity contribution in [3.05, 3.63) is 71.8 Å². The van der Waals surface area contributed by atoms with E-state index in [9.17, 15) is 13.6 Å². The van der Waals surface area contributed by atoms with Crippen LogP contribution in [0.4, 0.5) is 14.7 Å². The Bertz CT molecular complexity index is 1050. The number of primary amides is 1. The topological polar surface area (TPSA) is 93.8 Å². The molecule has 8 heteroatoms. The number of carbonyl (C=O) groups is 1. The van der Waals surface area contributed by atoms with Gasteiger partial charge < -0.3 is 11.1 Å². The molecule has 3 aromatic rings. The normalized spacial score (nSPS) is 14.8. The smallest absolute Gasteiger partial charge is 0.248 e. The number of nitrogens with one attached hydrogen (secondary N) is 1. The molecular formula is C21H19F2N5O. The van der Waals surface area contributed by atoms with Crippen molar-refractivity contribution in [2.45, 2.75) is 24.7 Å². The van der Waals surface area contributed by atoms with Crippen LogP contribution in [0.15, 0.2) is 48.9 Å². The van der Waals surface area contributed by atoms with Gasteiger partial charge in [0.1, 0.15) is 11.6 Å². The molecule has 0 unspecified atom stereocenters. The van der Waals surface area contributed by atoms with Crippen LogP contribution in [-0.2, 0) is 5.41 Å². The number of pyridine rings is 1. The predicted octanol–water partition coefficient (Wildman–Crippen LogP) is 3.45. The molecule has 1 amide bonds. The number of aromatic nitrogens is 3. The minimum atomic E-state index is -0.641. The van der Waals surface area contributed by atoms with Crippen LogP contribution in [0.1, 0.15) is 35.3 Å². The van der Waals surface area contributed by atoms with Gasteiger partial charge in [0.25, 0.3) is 0 Å². The highest BCUT2D eigenvalue weighted by Gasteiger charge is 2.41. The largest absolute Gasteiger partial charge is 0.366 e. The van der Waals surface area contributed by atoms with Gasteiger partial charge in [0, 0.05) is 47.2 Å². The third-order valence-electron chi connectivity index (χ3n) is 5.37. The quantitative estimate of drug-likeness (QED) is 0.667. The number of nitrogens with zero attached hydrogens (tertiary/aromatic N) is 3. The first-order chi connectivity index (χ1) is 14.0. The molecule has 4 rings (SSSR count). The van der Waals surface area contributed by atoms with Crippen LogP contribution in [-0.4, -0.2) is 27.4 Å². The Morgan fingerprint density at radius 1 is 1.10 bits per heavy atom. The van der Waals surface area contributed by atoms with Gasteiger partial charge in [-0.2, -0.15) is 0 Å². The van der Waals surface area contributed by atoms with E-state index in [1.54, 1.807) is 12.3 Å². The Morgan fingerprint density at radius 3 is 2.48 bits per heavy atom. The second kappa shape index (κ2) is 7.54. The highest BCUT2D eigenvalue weighted by Crippen LogP contribution is 2.43. The van der Waals surface area contributed by atoms with Gasteiger partial charge in [0.05, 0.1) is 5.69 Å². The van der Waals surface area contributed by atoms with Crippen LogP contribution in [0, 0.1) is 11.6 Å². The van der Waals surface area contributed by atoms with Crippen LogP contribution in [0.25, 0.3) is 11.1 Å². The van der Waals surface area contributed by atoms with Gasteiger partial charge >= 0.3 is 0 Å². The minimum Gasteiger partial charge on any atom is -0.366 e. The first kappa shape index (κ1) is 18.9. The molecule has 1 aliphatic carbocycles. The van der Waals surface area contributed by atoms with Gasteiger partial charge in [-0.05, 0) is 43.2 Å². The third-order valence-corrected chi connectivity index (χ3v) is 5.37. The molecule has 0 radical (unpaired) electrons. The Labute approximate surface area is 166 Å². The van der Waals surface area contributed by atoms with E-state index in [1.807, 2.05) is 0 Å². The maximum atomic E-state index is 14.2. The molecule has 3 N–H and O–H groups in total. The average molecular weight is 395 g/mol. The number of anilines is 1. The van der Waals surface area contributed by atoms with Gasteiger partial charge in [-0.25, -0.2) is 18.7 Å². The van der Waals surface area contributed by atoms with E-state index in [0.29, 0.717) is 23.8 Å². The zero-order chi connectivity index (χ0) is 20.4. The van der Waals surface area contributed by atoms with E-state index in [2.05, 4.69) is 20.3 Å². The second-order valence-electron chi connectivity index (χ2n) is 7.18. The summed E-state index contributed by atoms with van der Waals surface area (Å²) in [5, 5.41) is 3.14. The van der Waals surface area contributed by atoms with Crippen molar-refractivity contribution in [3.8, 4) is 11.1 Å². The molecule has 1 saturated carbocycles.